The molecule has 0 unspecified atom stereocenters. The van der Waals surface area contributed by atoms with E-state index in [1.165, 1.54) is 0 Å². The molecule has 33 valence electrons. The lowest BCUT2D eigenvalue weighted by atomic mass is 10.2. The second-order valence-electron chi connectivity index (χ2n) is 1.44. The number of hydrogen-bond acceptors (Lipinski definition) is 0. The first-order valence-electron chi connectivity index (χ1n) is 2.21. The van der Waals surface area contributed by atoms with Crippen molar-refractivity contribution in [3.05, 3.63) is 30.7 Å². The summed E-state index contributed by atoms with van der Waals surface area (Å²) in [5.41, 5.74) is 0. The van der Waals surface area contributed by atoms with Crippen molar-refractivity contribution >= 4 is 0 Å². The monoisotopic (exact) mass is 89.0 g/mol. The average Bonchev–Trinajstić information content (AvgIpc) is 2.14. The van der Waals surface area contributed by atoms with Crippen molar-refractivity contribution in [1.82, 2.24) is 0 Å². The van der Waals surface area contributed by atoms with Crippen LogP contribution in [0, 0.1) is 18.3 Å². The van der Waals surface area contributed by atoms with E-state index >= 15 is 0 Å². The summed E-state index contributed by atoms with van der Waals surface area (Å²) in [5, 5.41) is 0. The van der Waals surface area contributed by atoms with Gasteiger partial charge in [-0.2, -0.15) is 0 Å². The zero-order valence-electron chi connectivity index (χ0n) is 3.89. The molecule has 0 aromatic carbocycles. The molecule has 0 heteroatoms. The molecule has 1 aliphatic carbocycles. The van der Waals surface area contributed by atoms with Gasteiger partial charge in [0.2, 0.25) is 0 Å². The van der Waals surface area contributed by atoms with Crippen LogP contribution in [-0.4, -0.2) is 0 Å². The van der Waals surface area contributed by atoms with Gasteiger partial charge in [-0.3, -0.25) is 0 Å². The Bertz CT molecular complexity index is 132. The Balaban J connectivity index is 2.65. The normalized spacial score (nSPS) is 17.6. The van der Waals surface area contributed by atoms with Crippen LogP contribution < -0.4 is 0 Å². The van der Waals surface area contributed by atoms with Gasteiger partial charge in [-0.1, -0.05) is 30.2 Å². The molecule has 1 radical (unpaired) electrons. The largest absolute Gasteiger partial charge is 0.0773 e. The smallest absolute Gasteiger partial charge is 0.0579 e. The molecule has 0 amide bonds. The van der Waals surface area contributed by atoms with Gasteiger partial charge in [0.05, 0.1) is 5.92 Å². The Morgan fingerprint density at radius 3 is 2.14 bits per heavy atom. The third kappa shape index (κ3) is 0.721. The van der Waals surface area contributed by atoms with Crippen LogP contribution in [0.15, 0.2) is 24.3 Å². The molecule has 0 aliphatic heterocycles. The molecule has 1 rings (SSSR count). The maximum Gasteiger partial charge on any atom is 0.0579 e. The van der Waals surface area contributed by atoms with E-state index in [4.69, 9.17) is 6.42 Å². The van der Waals surface area contributed by atoms with Crippen molar-refractivity contribution in [1.29, 1.82) is 0 Å². The predicted octanol–water partition coefficient (Wildman–Crippen LogP) is 1.32. The predicted molar refractivity (Wildman–Crippen MR) is 28.9 cm³/mol. The van der Waals surface area contributed by atoms with E-state index in [-0.39, 0.29) is 5.92 Å². The zero-order valence-corrected chi connectivity index (χ0v) is 3.89. The molecule has 0 nitrogen and oxygen atoms in total. The third-order valence-corrected chi connectivity index (χ3v) is 0.915. The van der Waals surface area contributed by atoms with Crippen LogP contribution in [0.5, 0.6) is 0 Å². The van der Waals surface area contributed by atoms with Crippen LogP contribution in [0.4, 0.5) is 0 Å². The lowest BCUT2D eigenvalue weighted by Gasteiger charge is -1.83. The average molecular weight is 89.1 g/mol. The molecule has 0 N–H and O–H groups in total. The Hall–Kier alpha value is -0.960. The Morgan fingerprint density at radius 2 is 1.86 bits per heavy atom. The van der Waals surface area contributed by atoms with Gasteiger partial charge in [-0.15, -0.1) is 0 Å². The van der Waals surface area contributed by atoms with Gasteiger partial charge >= 0.3 is 0 Å². The highest BCUT2D eigenvalue weighted by atomic mass is 14.0. The molecule has 0 fully saturated rings. The Kier molecular flexibility index (Phi) is 0.997. The van der Waals surface area contributed by atoms with Crippen molar-refractivity contribution < 1.29 is 0 Å². The lowest BCUT2D eigenvalue weighted by Crippen LogP contribution is -1.77. The fourth-order valence-electron chi connectivity index (χ4n) is 0.528. The van der Waals surface area contributed by atoms with Crippen LogP contribution in [-0.2, 0) is 0 Å². The fourth-order valence-corrected chi connectivity index (χ4v) is 0.528. The van der Waals surface area contributed by atoms with Gasteiger partial charge in [0, 0.05) is 0 Å². The summed E-state index contributed by atoms with van der Waals surface area (Å²) >= 11 is 0. The molecule has 0 aromatic heterocycles. The highest BCUT2D eigenvalue weighted by Gasteiger charge is 1.94. The molecule has 0 spiro atoms. The minimum absolute atomic E-state index is 0.153. The first-order chi connectivity index (χ1) is 3.43. The quantitative estimate of drug-likeness (QED) is 0.392. The molecule has 7 heavy (non-hydrogen) atoms. The van der Waals surface area contributed by atoms with Crippen LogP contribution in [0.1, 0.15) is 0 Å². The van der Waals surface area contributed by atoms with E-state index in [0.717, 1.165) is 0 Å². The topological polar surface area (TPSA) is 0 Å². The first-order valence-corrected chi connectivity index (χ1v) is 2.21. The SMILES string of the molecule is [C]#CC1C=CC=C1. The third-order valence-electron chi connectivity index (χ3n) is 0.915. The van der Waals surface area contributed by atoms with Gasteiger partial charge in [-0.05, 0) is 6.42 Å². The van der Waals surface area contributed by atoms with Crippen molar-refractivity contribution in [2.75, 3.05) is 0 Å². The lowest BCUT2D eigenvalue weighted by molar-refractivity contribution is 1.15. The van der Waals surface area contributed by atoms with E-state index in [2.05, 4.69) is 5.92 Å². The second kappa shape index (κ2) is 1.66. The minimum atomic E-state index is 0.153. The summed E-state index contributed by atoms with van der Waals surface area (Å²) in [7, 11) is 0. The van der Waals surface area contributed by atoms with E-state index in [1.54, 1.807) is 0 Å². The summed E-state index contributed by atoms with van der Waals surface area (Å²) in [6, 6.07) is 0. The molecule has 0 bridgehead atoms. The van der Waals surface area contributed by atoms with Crippen LogP contribution >= 0.6 is 0 Å². The zero-order chi connectivity index (χ0) is 5.11. The van der Waals surface area contributed by atoms with E-state index in [1.807, 2.05) is 24.3 Å². The van der Waals surface area contributed by atoms with E-state index in [0.29, 0.717) is 0 Å². The van der Waals surface area contributed by atoms with Gasteiger partial charge in [0.15, 0.2) is 0 Å². The van der Waals surface area contributed by atoms with E-state index in [9.17, 15) is 0 Å². The summed E-state index contributed by atoms with van der Waals surface area (Å²) in [6.45, 7) is 0. The van der Waals surface area contributed by atoms with Gasteiger partial charge in [0.25, 0.3) is 0 Å². The fraction of sp³-hybridized carbons (Fsp3) is 0.143. The maximum atomic E-state index is 6.65. The van der Waals surface area contributed by atoms with Gasteiger partial charge in [0.1, 0.15) is 0 Å². The van der Waals surface area contributed by atoms with Crippen LogP contribution in [0.3, 0.4) is 0 Å². The van der Waals surface area contributed by atoms with Gasteiger partial charge in [-0.25, -0.2) is 0 Å². The Morgan fingerprint density at radius 1 is 1.29 bits per heavy atom. The van der Waals surface area contributed by atoms with Crippen molar-refractivity contribution in [2.45, 2.75) is 0 Å². The van der Waals surface area contributed by atoms with Crippen molar-refractivity contribution in [3.63, 3.8) is 0 Å². The highest BCUT2D eigenvalue weighted by Crippen LogP contribution is 2.05. The highest BCUT2D eigenvalue weighted by molar-refractivity contribution is 5.24. The number of allylic oxidation sites excluding steroid dienone is 4. The molecule has 0 saturated carbocycles. The second-order valence-corrected chi connectivity index (χ2v) is 1.44. The minimum Gasteiger partial charge on any atom is -0.0773 e. The van der Waals surface area contributed by atoms with Crippen molar-refractivity contribution in [2.24, 2.45) is 5.92 Å². The summed E-state index contributed by atoms with van der Waals surface area (Å²) < 4.78 is 0. The molecule has 0 atom stereocenters. The molecule has 1 aliphatic rings. The summed E-state index contributed by atoms with van der Waals surface area (Å²) in [6.07, 6.45) is 14.3. The molecule has 0 saturated heterocycles. The maximum absolute atomic E-state index is 6.65. The van der Waals surface area contributed by atoms with E-state index < -0.39 is 0 Å². The van der Waals surface area contributed by atoms with Gasteiger partial charge < -0.3 is 0 Å². The van der Waals surface area contributed by atoms with Crippen LogP contribution in [0.25, 0.3) is 0 Å². The summed E-state index contributed by atoms with van der Waals surface area (Å²) in [5.74, 6) is 2.49. The standard InChI is InChI=1S/C7H5/c1-2-7-5-3-4-6-7/h3-7H. The molecule has 0 aromatic rings. The number of hydrogen-bond donors (Lipinski definition) is 0. The molecular formula is C7H5. The number of rotatable bonds is 0. The molecular weight excluding hydrogens is 84.1 g/mol. The molecule has 0 heterocycles. The van der Waals surface area contributed by atoms with Crippen molar-refractivity contribution in [3.8, 4) is 5.92 Å². The Labute approximate surface area is 43.5 Å². The van der Waals surface area contributed by atoms with Crippen LogP contribution in [0.2, 0.25) is 0 Å². The first kappa shape index (κ1) is 4.21. The summed E-state index contributed by atoms with van der Waals surface area (Å²) in [4.78, 5) is 0.